The first-order valence-electron chi connectivity index (χ1n) is 8.12. The lowest BCUT2D eigenvalue weighted by Crippen LogP contribution is -2.47. The van der Waals surface area contributed by atoms with Crippen LogP contribution in [-0.4, -0.2) is 22.9 Å². The van der Waals surface area contributed by atoms with Crippen LogP contribution in [0.2, 0.25) is 5.02 Å². The van der Waals surface area contributed by atoms with Crippen LogP contribution in [0.15, 0.2) is 54.6 Å². The van der Waals surface area contributed by atoms with Gasteiger partial charge in [0.25, 0.3) is 11.8 Å². The molecule has 1 aliphatic rings. The second kappa shape index (κ2) is 6.37. The lowest BCUT2D eigenvalue weighted by Gasteiger charge is -2.22. The van der Waals surface area contributed by atoms with E-state index < -0.39 is 23.4 Å². The van der Waals surface area contributed by atoms with Gasteiger partial charge in [0.05, 0.1) is 5.02 Å². The summed E-state index contributed by atoms with van der Waals surface area (Å²) in [5, 5.41) is 4.39. The van der Waals surface area contributed by atoms with Crippen molar-refractivity contribution in [3.63, 3.8) is 0 Å². The molecule has 4 amide bonds. The molecule has 0 spiro atoms. The molecule has 8 heteroatoms. The van der Waals surface area contributed by atoms with Crippen LogP contribution >= 0.6 is 22.9 Å². The molecule has 1 fully saturated rings. The minimum absolute atomic E-state index is 0.242. The number of hydrogen-bond acceptors (Lipinski definition) is 4. The molecule has 1 unspecified atom stereocenters. The lowest BCUT2D eigenvalue weighted by molar-refractivity contribution is -0.132. The maximum absolute atomic E-state index is 12.9. The number of carbonyl (C=O) groups excluding carboxylic acids is 3. The summed E-state index contributed by atoms with van der Waals surface area (Å²) >= 11 is 7.51. The standard InChI is InChI=1S/C19H14ClN3O3S/c1-19(11-7-3-2-4-8-11)17(25)23(18(26)21-19)22-16(24)15-14(20)12-9-5-6-10-13(12)27-15/h2-10H,1H3,(H,21,26)(H,22,24). The first-order chi connectivity index (χ1) is 12.9. The highest BCUT2D eigenvalue weighted by Gasteiger charge is 2.50. The number of urea groups is 1. The van der Waals surface area contributed by atoms with Crippen molar-refractivity contribution in [3.8, 4) is 0 Å². The Hall–Kier alpha value is -2.90. The van der Waals surface area contributed by atoms with E-state index in [1.165, 1.54) is 11.3 Å². The summed E-state index contributed by atoms with van der Waals surface area (Å²) in [6.07, 6.45) is 0. The van der Waals surface area contributed by atoms with Gasteiger partial charge >= 0.3 is 6.03 Å². The van der Waals surface area contributed by atoms with Gasteiger partial charge in [0, 0.05) is 10.1 Å². The third kappa shape index (κ3) is 2.75. The lowest BCUT2D eigenvalue weighted by atomic mass is 9.92. The molecule has 0 radical (unpaired) electrons. The highest BCUT2D eigenvalue weighted by molar-refractivity contribution is 7.21. The number of carbonyl (C=O) groups is 3. The third-order valence-electron chi connectivity index (χ3n) is 4.50. The monoisotopic (exact) mass is 399 g/mol. The van der Waals surface area contributed by atoms with Crippen LogP contribution in [0.5, 0.6) is 0 Å². The van der Waals surface area contributed by atoms with E-state index in [4.69, 9.17) is 11.6 Å². The van der Waals surface area contributed by atoms with Crippen molar-refractivity contribution in [2.24, 2.45) is 0 Å². The predicted octanol–water partition coefficient (Wildman–Crippen LogP) is 3.67. The summed E-state index contributed by atoms with van der Waals surface area (Å²) in [5.74, 6) is -1.17. The Morgan fingerprint density at radius 2 is 1.78 bits per heavy atom. The zero-order valence-corrected chi connectivity index (χ0v) is 15.7. The Kier molecular flexibility index (Phi) is 4.13. The zero-order chi connectivity index (χ0) is 19.2. The van der Waals surface area contributed by atoms with E-state index in [1.54, 1.807) is 31.2 Å². The second-order valence-corrected chi connectivity index (χ2v) is 7.67. The Morgan fingerprint density at radius 1 is 1.11 bits per heavy atom. The summed E-state index contributed by atoms with van der Waals surface area (Å²) < 4.78 is 0.846. The number of hydrazine groups is 1. The highest BCUT2D eigenvalue weighted by Crippen LogP contribution is 2.35. The number of nitrogens with one attached hydrogen (secondary N) is 2. The van der Waals surface area contributed by atoms with Gasteiger partial charge in [-0.1, -0.05) is 60.1 Å². The van der Waals surface area contributed by atoms with E-state index in [2.05, 4.69) is 10.7 Å². The van der Waals surface area contributed by atoms with E-state index in [-0.39, 0.29) is 4.88 Å². The zero-order valence-electron chi connectivity index (χ0n) is 14.2. The maximum atomic E-state index is 12.9. The fourth-order valence-electron chi connectivity index (χ4n) is 3.02. The number of benzene rings is 2. The van der Waals surface area contributed by atoms with Gasteiger partial charge in [-0.3, -0.25) is 15.0 Å². The number of nitrogens with zero attached hydrogens (tertiary/aromatic N) is 1. The molecule has 6 nitrogen and oxygen atoms in total. The summed E-state index contributed by atoms with van der Waals surface area (Å²) in [4.78, 5) is 38.1. The molecule has 1 aromatic heterocycles. The van der Waals surface area contributed by atoms with Crippen molar-refractivity contribution in [1.29, 1.82) is 0 Å². The molecule has 2 heterocycles. The minimum atomic E-state index is -1.25. The molecular formula is C19H14ClN3O3S. The molecule has 27 heavy (non-hydrogen) atoms. The normalized spacial score (nSPS) is 19.4. The van der Waals surface area contributed by atoms with Gasteiger partial charge in [0.2, 0.25) is 0 Å². The average molecular weight is 400 g/mol. The molecule has 3 aromatic rings. The van der Waals surface area contributed by atoms with E-state index in [0.717, 1.165) is 10.1 Å². The molecule has 0 saturated carbocycles. The van der Waals surface area contributed by atoms with Gasteiger partial charge in [-0.2, -0.15) is 5.01 Å². The number of imide groups is 1. The fourth-order valence-corrected chi connectivity index (χ4v) is 4.43. The third-order valence-corrected chi connectivity index (χ3v) is 6.17. The maximum Gasteiger partial charge on any atom is 0.344 e. The van der Waals surface area contributed by atoms with Gasteiger partial charge in [0.1, 0.15) is 10.4 Å². The van der Waals surface area contributed by atoms with Crippen LogP contribution in [0.4, 0.5) is 4.79 Å². The molecule has 1 saturated heterocycles. The van der Waals surface area contributed by atoms with Crippen molar-refractivity contribution in [2.45, 2.75) is 12.5 Å². The fraction of sp³-hybridized carbons (Fsp3) is 0.105. The largest absolute Gasteiger partial charge is 0.344 e. The van der Waals surface area contributed by atoms with Crippen molar-refractivity contribution < 1.29 is 14.4 Å². The quantitative estimate of drug-likeness (QED) is 0.659. The minimum Gasteiger partial charge on any atom is -0.318 e. The predicted molar refractivity (Wildman–Crippen MR) is 103 cm³/mol. The van der Waals surface area contributed by atoms with Crippen LogP contribution < -0.4 is 10.7 Å². The van der Waals surface area contributed by atoms with Crippen molar-refractivity contribution in [2.75, 3.05) is 0 Å². The molecule has 1 atom stereocenters. The van der Waals surface area contributed by atoms with Gasteiger partial charge in [-0.25, -0.2) is 4.79 Å². The van der Waals surface area contributed by atoms with E-state index in [1.807, 2.05) is 30.3 Å². The van der Waals surface area contributed by atoms with Gasteiger partial charge in [0.15, 0.2) is 0 Å². The molecular weight excluding hydrogens is 386 g/mol. The van der Waals surface area contributed by atoms with Gasteiger partial charge in [-0.05, 0) is 18.6 Å². The summed E-state index contributed by atoms with van der Waals surface area (Å²) in [6.45, 7) is 1.60. The number of thiophene rings is 1. The smallest absolute Gasteiger partial charge is 0.318 e. The van der Waals surface area contributed by atoms with E-state index >= 15 is 0 Å². The van der Waals surface area contributed by atoms with Gasteiger partial charge in [-0.15, -0.1) is 11.3 Å². The van der Waals surface area contributed by atoms with Crippen molar-refractivity contribution >= 4 is 50.9 Å². The summed E-state index contributed by atoms with van der Waals surface area (Å²) in [5.41, 5.74) is 1.75. The highest BCUT2D eigenvalue weighted by atomic mass is 35.5. The van der Waals surface area contributed by atoms with Crippen molar-refractivity contribution in [1.82, 2.24) is 15.8 Å². The second-order valence-electron chi connectivity index (χ2n) is 6.24. The Morgan fingerprint density at radius 3 is 2.48 bits per heavy atom. The van der Waals surface area contributed by atoms with E-state index in [0.29, 0.717) is 15.6 Å². The SMILES string of the molecule is CC1(c2ccccc2)NC(=O)N(NC(=O)c2sc3ccccc3c2Cl)C1=O. The number of rotatable bonds is 3. The molecule has 2 N–H and O–H groups in total. The first-order valence-corrected chi connectivity index (χ1v) is 9.31. The molecule has 0 aliphatic carbocycles. The van der Waals surface area contributed by atoms with Crippen LogP contribution in [0.3, 0.4) is 0 Å². The van der Waals surface area contributed by atoms with Crippen LogP contribution in [0, 0.1) is 0 Å². The summed E-state index contributed by atoms with van der Waals surface area (Å²) in [6, 6.07) is 15.5. The number of halogens is 1. The number of fused-ring (bicyclic) bond motifs is 1. The topological polar surface area (TPSA) is 78.5 Å². The molecule has 4 rings (SSSR count). The Bertz CT molecular complexity index is 1080. The first kappa shape index (κ1) is 17.5. The van der Waals surface area contributed by atoms with Crippen LogP contribution in [-0.2, 0) is 10.3 Å². The number of amides is 4. The molecule has 0 bridgehead atoms. The molecule has 2 aromatic carbocycles. The summed E-state index contributed by atoms with van der Waals surface area (Å²) in [7, 11) is 0. The Balaban J connectivity index is 1.62. The van der Waals surface area contributed by atoms with Crippen molar-refractivity contribution in [3.05, 3.63) is 70.1 Å². The average Bonchev–Trinajstić information content (AvgIpc) is 3.13. The molecule has 136 valence electrons. The van der Waals surface area contributed by atoms with Gasteiger partial charge < -0.3 is 5.32 Å². The van der Waals surface area contributed by atoms with E-state index in [9.17, 15) is 14.4 Å². The van der Waals surface area contributed by atoms with Crippen LogP contribution in [0.1, 0.15) is 22.2 Å². The Labute approximate surface area is 163 Å². The number of hydrogen-bond donors (Lipinski definition) is 2. The molecule has 1 aliphatic heterocycles. The van der Waals surface area contributed by atoms with Crippen LogP contribution in [0.25, 0.3) is 10.1 Å².